The van der Waals surface area contributed by atoms with Crippen LogP contribution in [0.1, 0.15) is 25.0 Å². The molecule has 0 saturated heterocycles. The Kier molecular flexibility index (Phi) is 6.91. The quantitative estimate of drug-likeness (QED) is 0.519. The van der Waals surface area contributed by atoms with Crippen molar-refractivity contribution < 1.29 is 19.1 Å². The molecule has 2 heterocycles. The summed E-state index contributed by atoms with van der Waals surface area (Å²) in [6.07, 6.45) is -0.750. The Balaban J connectivity index is 1.87. The maximum atomic E-state index is 9.63. The maximum absolute atomic E-state index is 9.63. The Bertz CT molecular complexity index is 999. The van der Waals surface area contributed by atoms with Crippen molar-refractivity contribution in [2.24, 2.45) is 5.73 Å². The molecule has 0 saturated carbocycles. The number of hydrogen-bond acceptors (Lipinski definition) is 8. The molecule has 0 radical (unpaired) electrons. The van der Waals surface area contributed by atoms with Gasteiger partial charge in [-0.1, -0.05) is 16.8 Å². The topological polar surface area (TPSA) is 117 Å². The number of aromatic nitrogens is 3. The highest BCUT2D eigenvalue weighted by atomic mass is 35.5. The molecule has 1 atom stereocenters. The summed E-state index contributed by atoms with van der Waals surface area (Å²) < 4.78 is 16.8. The zero-order chi connectivity index (χ0) is 21.8. The van der Waals surface area contributed by atoms with Crippen LogP contribution in [-0.2, 0) is 0 Å². The lowest BCUT2D eigenvalue weighted by Crippen LogP contribution is -2.26. The number of hydrogen-bond donors (Lipinski definition) is 2. The summed E-state index contributed by atoms with van der Waals surface area (Å²) in [5, 5.41) is 14.0. The fraction of sp³-hybridized carbons (Fsp3) is 0.381. The van der Waals surface area contributed by atoms with Crippen molar-refractivity contribution in [1.29, 1.82) is 0 Å². The molecule has 1 unspecified atom stereocenters. The molecule has 160 valence electrons. The normalized spacial score (nSPS) is 12.3. The van der Waals surface area contributed by atoms with Gasteiger partial charge in [-0.3, -0.25) is 0 Å². The van der Waals surface area contributed by atoms with E-state index < -0.39 is 6.10 Å². The molecule has 0 spiro atoms. The van der Waals surface area contributed by atoms with Crippen molar-refractivity contribution in [1.82, 2.24) is 15.1 Å². The highest BCUT2D eigenvalue weighted by Gasteiger charge is 2.16. The lowest BCUT2D eigenvalue weighted by atomic mass is 10.1. The second-order valence-electron chi connectivity index (χ2n) is 7.25. The van der Waals surface area contributed by atoms with E-state index in [0.29, 0.717) is 28.9 Å². The van der Waals surface area contributed by atoms with E-state index in [9.17, 15) is 5.11 Å². The van der Waals surface area contributed by atoms with Gasteiger partial charge in [-0.05, 0) is 57.0 Å². The van der Waals surface area contributed by atoms with Crippen LogP contribution in [0.5, 0.6) is 11.6 Å². The number of aryl methyl sites for hydroxylation is 2. The van der Waals surface area contributed by atoms with Gasteiger partial charge >= 0.3 is 0 Å². The van der Waals surface area contributed by atoms with Crippen molar-refractivity contribution in [2.75, 3.05) is 13.2 Å². The first-order valence-corrected chi connectivity index (χ1v) is 9.95. The molecule has 2 aromatic heterocycles. The molecule has 0 amide bonds. The van der Waals surface area contributed by atoms with Gasteiger partial charge in [0.15, 0.2) is 0 Å². The summed E-state index contributed by atoms with van der Waals surface area (Å²) in [5.41, 5.74) is 8.61. The number of nitrogens with two attached hydrogens (primary N) is 1. The van der Waals surface area contributed by atoms with E-state index in [1.807, 2.05) is 39.8 Å². The van der Waals surface area contributed by atoms with Gasteiger partial charge in [0, 0.05) is 23.7 Å². The second-order valence-corrected chi connectivity index (χ2v) is 7.63. The Hall–Kier alpha value is -2.68. The standard InChI is InChI=1S/C21H25ClN4O4/c1-11(2)29-18-8-15(7-17(22)24-18)21-25-20(26-30-21)14-5-12(3)19(13(4)6-14)28-10-16(27)9-23/h5-8,11,16,27H,9-10,23H2,1-4H3. The van der Waals surface area contributed by atoms with E-state index in [-0.39, 0.29) is 24.4 Å². The van der Waals surface area contributed by atoms with Gasteiger partial charge < -0.3 is 24.8 Å². The second kappa shape index (κ2) is 9.42. The first-order chi connectivity index (χ1) is 14.3. The number of halogens is 1. The van der Waals surface area contributed by atoms with E-state index in [1.165, 1.54) is 0 Å². The van der Waals surface area contributed by atoms with Gasteiger partial charge in [0.2, 0.25) is 11.7 Å². The van der Waals surface area contributed by atoms with Crippen LogP contribution in [0.2, 0.25) is 5.15 Å². The zero-order valence-corrected chi connectivity index (χ0v) is 18.1. The van der Waals surface area contributed by atoms with Crippen LogP contribution in [-0.4, -0.2) is 45.6 Å². The lowest BCUT2D eigenvalue weighted by Gasteiger charge is -2.15. The molecule has 3 aromatic rings. The minimum absolute atomic E-state index is 0.0419. The van der Waals surface area contributed by atoms with Crippen molar-refractivity contribution in [3.05, 3.63) is 40.5 Å². The van der Waals surface area contributed by atoms with E-state index in [0.717, 1.165) is 16.7 Å². The number of nitrogens with zero attached hydrogens (tertiary/aromatic N) is 3. The number of benzene rings is 1. The van der Waals surface area contributed by atoms with Gasteiger partial charge in [0.25, 0.3) is 5.89 Å². The average Bonchev–Trinajstić information content (AvgIpc) is 3.16. The number of aliphatic hydroxyl groups is 1. The van der Waals surface area contributed by atoms with Crippen LogP contribution in [0.3, 0.4) is 0 Å². The Morgan fingerprint density at radius 1 is 1.10 bits per heavy atom. The third-order valence-corrected chi connectivity index (χ3v) is 4.40. The van der Waals surface area contributed by atoms with E-state index >= 15 is 0 Å². The summed E-state index contributed by atoms with van der Waals surface area (Å²) in [5.74, 6) is 1.83. The number of aliphatic hydroxyl groups excluding tert-OH is 1. The summed E-state index contributed by atoms with van der Waals surface area (Å²) in [4.78, 5) is 8.64. The third kappa shape index (κ3) is 5.27. The van der Waals surface area contributed by atoms with Crippen LogP contribution in [0.4, 0.5) is 0 Å². The zero-order valence-electron chi connectivity index (χ0n) is 17.3. The van der Waals surface area contributed by atoms with Crippen molar-refractivity contribution in [2.45, 2.75) is 39.9 Å². The molecule has 9 heteroatoms. The van der Waals surface area contributed by atoms with Gasteiger partial charge in [0.1, 0.15) is 23.6 Å². The monoisotopic (exact) mass is 432 g/mol. The van der Waals surface area contributed by atoms with Crippen molar-refractivity contribution >= 4 is 11.6 Å². The molecular weight excluding hydrogens is 408 g/mol. The van der Waals surface area contributed by atoms with Gasteiger partial charge in [-0.25, -0.2) is 4.98 Å². The molecule has 3 N–H and O–H groups in total. The van der Waals surface area contributed by atoms with Crippen molar-refractivity contribution in [3.8, 4) is 34.5 Å². The largest absolute Gasteiger partial charge is 0.490 e. The minimum Gasteiger partial charge on any atom is -0.490 e. The van der Waals surface area contributed by atoms with Gasteiger partial charge in [-0.15, -0.1) is 0 Å². The van der Waals surface area contributed by atoms with Crippen LogP contribution >= 0.6 is 11.6 Å². The van der Waals surface area contributed by atoms with E-state index in [2.05, 4.69) is 15.1 Å². The Morgan fingerprint density at radius 3 is 2.43 bits per heavy atom. The van der Waals surface area contributed by atoms with Crippen molar-refractivity contribution in [3.63, 3.8) is 0 Å². The number of pyridine rings is 1. The molecule has 0 bridgehead atoms. The van der Waals surface area contributed by atoms with Crippen LogP contribution in [0.15, 0.2) is 28.8 Å². The lowest BCUT2D eigenvalue weighted by molar-refractivity contribution is 0.113. The molecule has 0 aliphatic heterocycles. The van der Waals surface area contributed by atoms with E-state index in [4.69, 9.17) is 31.3 Å². The molecule has 1 aromatic carbocycles. The molecular formula is C21H25ClN4O4. The number of ether oxygens (including phenoxy) is 2. The fourth-order valence-corrected chi connectivity index (χ4v) is 3.11. The molecule has 0 fully saturated rings. The highest BCUT2D eigenvalue weighted by molar-refractivity contribution is 6.29. The predicted molar refractivity (Wildman–Crippen MR) is 114 cm³/mol. The van der Waals surface area contributed by atoms with E-state index in [1.54, 1.807) is 12.1 Å². The third-order valence-electron chi connectivity index (χ3n) is 4.21. The SMILES string of the molecule is Cc1cc(-c2noc(-c3cc(Cl)nc(OC(C)C)c3)n2)cc(C)c1OCC(O)CN. The summed E-state index contributed by atoms with van der Waals surface area (Å²) in [6.45, 7) is 7.92. The molecule has 0 aliphatic carbocycles. The summed E-state index contributed by atoms with van der Waals surface area (Å²) >= 11 is 6.11. The predicted octanol–water partition coefficient (Wildman–Crippen LogP) is 3.55. The summed E-state index contributed by atoms with van der Waals surface area (Å²) in [6, 6.07) is 7.15. The highest BCUT2D eigenvalue weighted by Crippen LogP contribution is 2.31. The van der Waals surface area contributed by atoms with Gasteiger partial charge in [-0.2, -0.15) is 4.98 Å². The molecule has 0 aliphatic rings. The Labute approximate surface area is 180 Å². The van der Waals surface area contributed by atoms with Crippen LogP contribution < -0.4 is 15.2 Å². The number of rotatable bonds is 8. The minimum atomic E-state index is -0.708. The van der Waals surface area contributed by atoms with Gasteiger partial charge in [0.05, 0.1) is 6.10 Å². The van der Waals surface area contributed by atoms with Crippen LogP contribution in [0, 0.1) is 13.8 Å². The molecule has 30 heavy (non-hydrogen) atoms. The first kappa shape index (κ1) is 22.0. The fourth-order valence-electron chi connectivity index (χ4n) is 2.91. The molecule has 8 nitrogen and oxygen atoms in total. The maximum Gasteiger partial charge on any atom is 0.258 e. The van der Waals surface area contributed by atoms with Crippen LogP contribution in [0.25, 0.3) is 22.8 Å². The average molecular weight is 433 g/mol. The first-order valence-electron chi connectivity index (χ1n) is 9.57. The summed E-state index contributed by atoms with van der Waals surface area (Å²) in [7, 11) is 0. The smallest absolute Gasteiger partial charge is 0.258 e. The Morgan fingerprint density at radius 2 is 1.80 bits per heavy atom. The molecule has 3 rings (SSSR count).